The van der Waals surface area contributed by atoms with Crippen molar-refractivity contribution in [3.05, 3.63) is 34.9 Å². The van der Waals surface area contributed by atoms with E-state index in [9.17, 15) is 0 Å². The molecule has 1 aliphatic carbocycles. The van der Waals surface area contributed by atoms with Crippen LogP contribution in [0.3, 0.4) is 0 Å². The van der Waals surface area contributed by atoms with E-state index in [4.69, 9.17) is 11.6 Å². The Kier molecular flexibility index (Phi) is 4.34. The Labute approximate surface area is 134 Å². The van der Waals surface area contributed by atoms with Crippen molar-refractivity contribution in [2.24, 2.45) is 10.8 Å². The van der Waals surface area contributed by atoms with Crippen LogP contribution in [-0.2, 0) is 0 Å². The van der Waals surface area contributed by atoms with Crippen LogP contribution in [0.1, 0.15) is 63.9 Å². The molecular weight excluding hydrogens is 278 g/mol. The molecule has 0 bridgehead atoms. The highest BCUT2D eigenvalue weighted by Crippen LogP contribution is 2.52. The lowest BCUT2D eigenvalue weighted by atomic mass is 9.63. The second-order valence-electron chi connectivity index (χ2n) is 7.94. The van der Waals surface area contributed by atoms with E-state index in [2.05, 4.69) is 43.4 Å². The fourth-order valence-corrected chi connectivity index (χ4v) is 4.62. The van der Waals surface area contributed by atoms with Crippen LogP contribution in [0.4, 0.5) is 0 Å². The summed E-state index contributed by atoms with van der Waals surface area (Å²) in [6, 6.07) is 8.61. The first-order chi connectivity index (χ1) is 10.0. The van der Waals surface area contributed by atoms with E-state index in [-0.39, 0.29) is 0 Å². The van der Waals surface area contributed by atoms with Gasteiger partial charge in [-0.25, -0.2) is 0 Å². The molecule has 0 aromatic heterocycles. The van der Waals surface area contributed by atoms with Gasteiger partial charge in [0.15, 0.2) is 0 Å². The number of benzene rings is 1. The quantitative estimate of drug-likeness (QED) is 0.733. The zero-order valence-electron chi connectivity index (χ0n) is 13.4. The Morgan fingerprint density at radius 3 is 2.52 bits per heavy atom. The molecule has 1 aliphatic heterocycles. The molecule has 1 nitrogen and oxygen atoms in total. The molecule has 116 valence electrons. The molecule has 2 heteroatoms. The van der Waals surface area contributed by atoms with Gasteiger partial charge in [-0.15, -0.1) is 0 Å². The van der Waals surface area contributed by atoms with Gasteiger partial charge in [0.1, 0.15) is 0 Å². The molecular formula is C19H28ClN. The van der Waals surface area contributed by atoms with E-state index >= 15 is 0 Å². The molecule has 2 aliphatic rings. The van der Waals surface area contributed by atoms with Crippen molar-refractivity contribution >= 4 is 11.6 Å². The summed E-state index contributed by atoms with van der Waals surface area (Å²) >= 11 is 6.08. The monoisotopic (exact) mass is 305 g/mol. The van der Waals surface area contributed by atoms with E-state index in [0.717, 1.165) is 11.6 Å². The van der Waals surface area contributed by atoms with E-state index in [1.165, 1.54) is 50.6 Å². The van der Waals surface area contributed by atoms with Crippen LogP contribution in [-0.4, -0.2) is 13.1 Å². The Morgan fingerprint density at radius 1 is 1.00 bits per heavy atom. The minimum absolute atomic E-state index is 0.507. The highest BCUT2D eigenvalue weighted by Gasteiger charge is 2.43. The fourth-order valence-electron chi connectivity index (χ4n) is 4.50. The third kappa shape index (κ3) is 3.29. The number of hydrogen-bond acceptors (Lipinski definition) is 1. The zero-order chi connectivity index (χ0) is 14.9. The number of rotatable bonds is 1. The van der Waals surface area contributed by atoms with Crippen molar-refractivity contribution in [3.63, 3.8) is 0 Å². The van der Waals surface area contributed by atoms with Gasteiger partial charge in [0.25, 0.3) is 0 Å². The van der Waals surface area contributed by atoms with Crippen LogP contribution in [0.5, 0.6) is 0 Å². The fraction of sp³-hybridized carbons (Fsp3) is 0.684. The van der Waals surface area contributed by atoms with Gasteiger partial charge in [-0.1, -0.05) is 44.0 Å². The summed E-state index contributed by atoms with van der Waals surface area (Å²) in [4.78, 5) is 0. The predicted molar refractivity (Wildman–Crippen MR) is 91.0 cm³/mol. The van der Waals surface area contributed by atoms with Gasteiger partial charge in [-0.05, 0) is 67.2 Å². The normalized spacial score (nSPS) is 32.8. The summed E-state index contributed by atoms with van der Waals surface area (Å²) in [5, 5.41) is 4.47. The smallest absolute Gasteiger partial charge is 0.0406 e. The summed E-state index contributed by atoms with van der Waals surface area (Å²) in [7, 11) is 0. The first-order valence-corrected chi connectivity index (χ1v) is 8.85. The van der Waals surface area contributed by atoms with E-state index in [1.807, 2.05) is 0 Å². The largest absolute Gasteiger partial charge is 0.316 e. The van der Waals surface area contributed by atoms with Gasteiger partial charge in [0.05, 0.1) is 0 Å². The van der Waals surface area contributed by atoms with Gasteiger partial charge >= 0.3 is 0 Å². The lowest BCUT2D eigenvalue weighted by molar-refractivity contribution is 0.131. The van der Waals surface area contributed by atoms with Crippen LogP contribution in [0.2, 0.25) is 5.02 Å². The maximum Gasteiger partial charge on any atom is 0.0406 e. The molecule has 1 spiro atoms. The van der Waals surface area contributed by atoms with Crippen molar-refractivity contribution in [3.8, 4) is 0 Å². The van der Waals surface area contributed by atoms with E-state index in [1.54, 1.807) is 0 Å². The Bertz CT molecular complexity index is 479. The first kappa shape index (κ1) is 15.4. The highest BCUT2D eigenvalue weighted by atomic mass is 35.5. The van der Waals surface area contributed by atoms with Gasteiger partial charge in [-0.2, -0.15) is 0 Å². The van der Waals surface area contributed by atoms with Gasteiger partial charge < -0.3 is 5.32 Å². The van der Waals surface area contributed by atoms with E-state index < -0.39 is 0 Å². The molecule has 1 heterocycles. The van der Waals surface area contributed by atoms with Crippen molar-refractivity contribution in [1.82, 2.24) is 5.32 Å². The molecule has 1 aromatic rings. The minimum Gasteiger partial charge on any atom is -0.316 e. The molecule has 2 atom stereocenters. The van der Waals surface area contributed by atoms with Crippen LogP contribution < -0.4 is 5.32 Å². The Hall–Kier alpha value is -0.530. The lowest BCUT2D eigenvalue weighted by Crippen LogP contribution is -2.43. The summed E-state index contributed by atoms with van der Waals surface area (Å²) < 4.78 is 0. The van der Waals surface area contributed by atoms with Crippen LogP contribution in [0.25, 0.3) is 0 Å². The van der Waals surface area contributed by atoms with Gasteiger partial charge in [0.2, 0.25) is 0 Å². The number of piperidine rings is 1. The molecule has 3 rings (SSSR count). The van der Waals surface area contributed by atoms with Crippen molar-refractivity contribution in [2.75, 3.05) is 13.1 Å². The molecule has 1 saturated heterocycles. The zero-order valence-corrected chi connectivity index (χ0v) is 14.2. The second kappa shape index (κ2) is 5.93. The molecule has 1 saturated carbocycles. The van der Waals surface area contributed by atoms with Crippen molar-refractivity contribution < 1.29 is 0 Å². The highest BCUT2D eigenvalue weighted by molar-refractivity contribution is 6.30. The number of halogens is 1. The third-order valence-electron chi connectivity index (χ3n) is 5.99. The minimum atomic E-state index is 0.507. The first-order valence-electron chi connectivity index (χ1n) is 8.47. The van der Waals surface area contributed by atoms with Crippen LogP contribution in [0, 0.1) is 10.8 Å². The van der Waals surface area contributed by atoms with Crippen LogP contribution >= 0.6 is 11.6 Å². The molecule has 0 radical (unpaired) electrons. The molecule has 1 N–H and O–H groups in total. The molecule has 0 amide bonds. The summed E-state index contributed by atoms with van der Waals surface area (Å²) in [6.07, 6.45) is 8.25. The lowest BCUT2D eigenvalue weighted by Gasteiger charge is -2.45. The molecule has 21 heavy (non-hydrogen) atoms. The van der Waals surface area contributed by atoms with Crippen molar-refractivity contribution in [2.45, 2.75) is 58.3 Å². The summed E-state index contributed by atoms with van der Waals surface area (Å²) in [5.41, 5.74) is 2.51. The molecule has 2 unspecified atom stereocenters. The topological polar surface area (TPSA) is 12.0 Å². The Morgan fingerprint density at radius 2 is 1.76 bits per heavy atom. The molecule has 1 aromatic carbocycles. The second-order valence-corrected chi connectivity index (χ2v) is 8.37. The number of hydrogen-bond donors (Lipinski definition) is 1. The number of nitrogens with one attached hydrogen (secondary N) is 1. The SMILES string of the molecule is CC1(C)CCCC2(CCNCC2c2ccc(Cl)cc2)CC1. The van der Waals surface area contributed by atoms with E-state index in [0.29, 0.717) is 16.7 Å². The maximum absolute atomic E-state index is 6.08. The average molecular weight is 306 g/mol. The standard InChI is InChI=1S/C19H28ClN/c1-18(2)8-3-9-19(11-10-18)12-13-21-14-17(19)15-4-6-16(20)7-5-15/h4-7,17,21H,3,8-14H2,1-2H3. The third-order valence-corrected chi connectivity index (χ3v) is 6.24. The molecule has 2 fully saturated rings. The van der Waals surface area contributed by atoms with Crippen LogP contribution in [0.15, 0.2) is 24.3 Å². The van der Waals surface area contributed by atoms with Gasteiger partial charge in [0, 0.05) is 17.5 Å². The maximum atomic E-state index is 6.08. The Balaban J connectivity index is 1.88. The van der Waals surface area contributed by atoms with Gasteiger partial charge in [-0.3, -0.25) is 0 Å². The average Bonchev–Trinajstić information content (AvgIpc) is 2.61. The van der Waals surface area contributed by atoms with Crippen molar-refractivity contribution in [1.29, 1.82) is 0 Å². The summed E-state index contributed by atoms with van der Waals surface area (Å²) in [6.45, 7) is 7.21. The summed E-state index contributed by atoms with van der Waals surface area (Å²) in [5.74, 6) is 0.650. The predicted octanol–water partition coefficient (Wildman–Crippen LogP) is 5.39.